The van der Waals surface area contributed by atoms with E-state index in [1.54, 1.807) is 0 Å². The van der Waals surface area contributed by atoms with Gasteiger partial charge in [-0.1, -0.05) is 0 Å². The molecule has 132 valence electrons. The molecule has 9 heteroatoms. The lowest BCUT2D eigenvalue weighted by Crippen LogP contribution is -2.32. The molecule has 0 saturated carbocycles. The molecule has 0 spiro atoms. The molecule has 1 atom stereocenters. The highest BCUT2D eigenvalue weighted by Crippen LogP contribution is 2.25. The van der Waals surface area contributed by atoms with E-state index >= 15 is 0 Å². The maximum Gasteiger partial charge on any atom is 0.387 e. The summed E-state index contributed by atoms with van der Waals surface area (Å²) < 4.78 is 39.2. The van der Waals surface area contributed by atoms with Gasteiger partial charge in [0.05, 0.1) is 19.6 Å². The standard InChI is InChI=1S/C14H20F2N2O4.ClH/c1-20-10-3-4-12(22-14(15)16)9(5-10)8-18-13(19)6-11(7-17)21-2;/h3-5,11,14H,6-8,17H2,1-2H3,(H,18,19);1H. The Morgan fingerprint density at radius 1 is 1.35 bits per heavy atom. The molecule has 0 aliphatic heterocycles. The number of hydrogen-bond acceptors (Lipinski definition) is 5. The molecule has 0 heterocycles. The van der Waals surface area contributed by atoms with E-state index in [0.29, 0.717) is 11.3 Å². The van der Waals surface area contributed by atoms with Crippen LogP contribution < -0.4 is 20.5 Å². The predicted molar refractivity (Wildman–Crippen MR) is 83.2 cm³/mol. The summed E-state index contributed by atoms with van der Waals surface area (Å²) in [6.45, 7) is -2.71. The van der Waals surface area contributed by atoms with Gasteiger partial charge in [0.2, 0.25) is 5.91 Å². The average molecular weight is 355 g/mol. The molecule has 6 nitrogen and oxygen atoms in total. The van der Waals surface area contributed by atoms with Crippen LogP contribution in [0.2, 0.25) is 0 Å². The van der Waals surface area contributed by atoms with Crippen LogP contribution in [0.25, 0.3) is 0 Å². The van der Waals surface area contributed by atoms with Crippen molar-refractivity contribution in [1.82, 2.24) is 5.32 Å². The molecule has 23 heavy (non-hydrogen) atoms. The number of methoxy groups -OCH3 is 2. The Hall–Kier alpha value is -1.64. The summed E-state index contributed by atoms with van der Waals surface area (Å²) >= 11 is 0. The minimum absolute atomic E-state index is 0. The van der Waals surface area contributed by atoms with E-state index in [1.165, 1.54) is 32.4 Å². The van der Waals surface area contributed by atoms with Crippen LogP contribution in [0.3, 0.4) is 0 Å². The normalized spacial score (nSPS) is 11.6. The van der Waals surface area contributed by atoms with E-state index in [0.717, 1.165) is 0 Å². The lowest BCUT2D eigenvalue weighted by molar-refractivity contribution is -0.123. The number of benzene rings is 1. The van der Waals surface area contributed by atoms with Crippen LogP contribution >= 0.6 is 12.4 Å². The molecule has 1 rings (SSSR count). The zero-order chi connectivity index (χ0) is 16.5. The van der Waals surface area contributed by atoms with Crippen molar-refractivity contribution in [3.8, 4) is 11.5 Å². The molecule has 1 unspecified atom stereocenters. The van der Waals surface area contributed by atoms with E-state index in [-0.39, 0.29) is 49.7 Å². The summed E-state index contributed by atoms with van der Waals surface area (Å²) in [5.74, 6) is 0.156. The van der Waals surface area contributed by atoms with Crippen LogP contribution in [0.15, 0.2) is 18.2 Å². The second kappa shape index (κ2) is 11.0. The smallest absolute Gasteiger partial charge is 0.387 e. The summed E-state index contributed by atoms with van der Waals surface area (Å²) in [4.78, 5) is 11.8. The Bertz CT molecular complexity index is 488. The Kier molecular flexibility index (Phi) is 10.2. The third-order valence-electron chi connectivity index (χ3n) is 2.97. The monoisotopic (exact) mass is 354 g/mol. The van der Waals surface area contributed by atoms with Crippen LogP contribution in [0.1, 0.15) is 12.0 Å². The molecule has 1 amide bonds. The topological polar surface area (TPSA) is 82.8 Å². The number of halogens is 3. The minimum Gasteiger partial charge on any atom is -0.497 e. The Balaban J connectivity index is 0.00000484. The Labute approximate surface area is 139 Å². The summed E-state index contributed by atoms with van der Waals surface area (Å²) in [6.07, 6.45) is -0.302. The average Bonchev–Trinajstić information content (AvgIpc) is 2.51. The highest BCUT2D eigenvalue weighted by atomic mass is 35.5. The van der Waals surface area contributed by atoms with E-state index in [2.05, 4.69) is 10.1 Å². The van der Waals surface area contributed by atoms with Crippen molar-refractivity contribution in [3.05, 3.63) is 23.8 Å². The van der Waals surface area contributed by atoms with Gasteiger partial charge in [-0.15, -0.1) is 12.4 Å². The van der Waals surface area contributed by atoms with Crippen molar-refractivity contribution < 1.29 is 27.8 Å². The number of amides is 1. The third kappa shape index (κ3) is 7.45. The highest BCUT2D eigenvalue weighted by molar-refractivity contribution is 5.85. The van der Waals surface area contributed by atoms with Gasteiger partial charge in [-0.05, 0) is 18.2 Å². The van der Waals surface area contributed by atoms with Crippen molar-refractivity contribution in [3.63, 3.8) is 0 Å². The van der Waals surface area contributed by atoms with Gasteiger partial charge in [0.1, 0.15) is 11.5 Å². The zero-order valence-electron chi connectivity index (χ0n) is 12.9. The van der Waals surface area contributed by atoms with Crippen LogP contribution in [-0.4, -0.2) is 39.4 Å². The largest absolute Gasteiger partial charge is 0.497 e. The molecule has 0 radical (unpaired) electrons. The van der Waals surface area contributed by atoms with Gasteiger partial charge in [0, 0.05) is 25.8 Å². The summed E-state index contributed by atoms with van der Waals surface area (Å²) in [5, 5.41) is 2.61. The second-order valence-corrected chi connectivity index (χ2v) is 4.43. The first kappa shape index (κ1) is 21.4. The number of nitrogens with one attached hydrogen (secondary N) is 1. The van der Waals surface area contributed by atoms with Gasteiger partial charge in [-0.25, -0.2) is 0 Å². The fourth-order valence-electron chi connectivity index (χ4n) is 1.77. The first-order valence-corrected chi connectivity index (χ1v) is 6.61. The molecule has 1 aromatic rings. The van der Waals surface area contributed by atoms with E-state index in [1.807, 2.05) is 0 Å². The van der Waals surface area contributed by atoms with E-state index in [4.69, 9.17) is 15.2 Å². The first-order chi connectivity index (χ1) is 10.5. The molecular formula is C14H21ClF2N2O4. The van der Waals surface area contributed by atoms with Crippen molar-refractivity contribution >= 4 is 18.3 Å². The number of carbonyl (C=O) groups excluding carboxylic acids is 1. The fraction of sp³-hybridized carbons (Fsp3) is 0.500. The summed E-state index contributed by atoms with van der Waals surface area (Å²) in [6, 6.07) is 4.39. The van der Waals surface area contributed by atoms with E-state index in [9.17, 15) is 13.6 Å². The number of carbonyl (C=O) groups is 1. The number of nitrogens with two attached hydrogens (primary N) is 1. The van der Waals surface area contributed by atoms with Crippen LogP contribution in [0.4, 0.5) is 8.78 Å². The molecular weight excluding hydrogens is 334 g/mol. The minimum atomic E-state index is -2.95. The molecule has 1 aromatic carbocycles. The fourth-order valence-corrected chi connectivity index (χ4v) is 1.77. The second-order valence-electron chi connectivity index (χ2n) is 4.43. The van der Waals surface area contributed by atoms with Gasteiger partial charge in [0.15, 0.2) is 0 Å². The van der Waals surface area contributed by atoms with Crippen molar-refractivity contribution in [2.45, 2.75) is 25.7 Å². The molecule has 0 aliphatic carbocycles. The van der Waals surface area contributed by atoms with Crippen molar-refractivity contribution in [2.24, 2.45) is 5.73 Å². The molecule has 0 aromatic heterocycles. The summed E-state index contributed by atoms with van der Waals surface area (Å²) in [7, 11) is 2.91. The molecule has 0 aliphatic rings. The SMILES string of the molecule is COc1ccc(OC(F)F)c(CNC(=O)CC(CN)OC)c1.Cl. The Morgan fingerprint density at radius 2 is 2.04 bits per heavy atom. The first-order valence-electron chi connectivity index (χ1n) is 6.61. The van der Waals surface area contributed by atoms with Gasteiger partial charge in [-0.3, -0.25) is 4.79 Å². The van der Waals surface area contributed by atoms with E-state index < -0.39 is 6.61 Å². The molecule has 0 saturated heterocycles. The maximum absolute atomic E-state index is 12.4. The number of ether oxygens (including phenoxy) is 3. The van der Waals surface area contributed by atoms with Gasteiger partial charge in [0.25, 0.3) is 0 Å². The molecule has 0 fully saturated rings. The maximum atomic E-state index is 12.4. The van der Waals surface area contributed by atoms with Crippen molar-refractivity contribution in [1.29, 1.82) is 0 Å². The zero-order valence-corrected chi connectivity index (χ0v) is 13.7. The molecule has 0 bridgehead atoms. The van der Waals surface area contributed by atoms with Gasteiger partial charge >= 0.3 is 6.61 Å². The molecule has 3 N–H and O–H groups in total. The Morgan fingerprint density at radius 3 is 2.57 bits per heavy atom. The third-order valence-corrected chi connectivity index (χ3v) is 2.97. The predicted octanol–water partition coefficient (Wildman–Crippen LogP) is 1.70. The number of alkyl halides is 2. The quantitative estimate of drug-likeness (QED) is 0.705. The van der Waals surface area contributed by atoms with Crippen molar-refractivity contribution in [2.75, 3.05) is 20.8 Å². The van der Waals surface area contributed by atoms with Gasteiger partial charge in [-0.2, -0.15) is 8.78 Å². The highest BCUT2D eigenvalue weighted by Gasteiger charge is 2.14. The van der Waals surface area contributed by atoms with Crippen LogP contribution in [0, 0.1) is 0 Å². The lowest BCUT2D eigenvalue weighted by Gasteiger charge is -2.15. The number of rotatable bonds is 9. The van der Waals surface area contributed by atoms with Gasteiger partial charge < -0.3 is 25.3 Å². The van der Waals surface area contributed by atoms with Crippen LogP contribution in [-0.2, 0) is 16.1 Å². The summed E-state index contributed by atoms with van der Waals surface area (Å²) in [5.41, 5.74) is 5.81. The number of hydrogen-bond donors (Lipinski definition) is 2. The van der Waals surface area contributed by atoms with Crippen LogP contribution in [0.5, 0.6) is 11.5 Å². The lowest BCUT2D eigenvalue weighted by atomic mass is 10.1.